The Kier molecular flexibility index (Phi) is 3.88. The number of cyclic esters (lactones) is 1. The highest BCUT2D eigenvalue weighted by Crippen LogP contribution is 2.40. The molecule has 21 heavy (non-hydrogen) atoms. The van der Waals surface area contributed by atoms with E-state index in [0.29, 0.717) is 22.4 Å². The van der Waals surface area contributed by atoms with Crippen molar-refractivity contribution < 1.29 is 29.3 Å². The zero-order chi connectivity index (χ0) is 15.7. The van der Waals surface area contributed by atoms with Gasteiger partial charge < -0.3 is 19.7 Å². The van der Waals surface area contributed by atoms with Crippen molar-refractivity contribution >= 4 is 11.9 Å². The molecule has 6 heteroatoms. The van der Waals surface area contributed by atoms with Gasteiger partial charge in [-0.25, -0.2) is 9.59 Å². The lowest BCUT2D eigenvalue weighted by atomic mass is 9.98. The fourth-order valence-electron chi connectivity index (χ4n) is 2.21. The van der Waals surface area contributed by atoms with Gasteiger partial charge in [0.2, 0.25) is 0 Å². The predicted molar refractivity (Wildman–Crippen MR) is 73.6 cm³/mol. The Morgan fingerprint density at radius 1 is 1.38 bits per heavy atom. The van der Waals surface area contributed by atoms with Crippen LogP contribution >= 0.6 is 0 Å². The van der Waals surface area contributed by atoms with Crippen LogP contribution in [-0.2, 0) is 16.1 Å². The maximum absolute atomic E-state index is 11.6. The molecule has 0 spiro atoms. The van der Waals surface area contributed by atoms with E-state index in [1.165, 1.54) is 13.0 Å². The summed E-state index contributed by atoms with van der Waals surface area (Å²) in [5.41, 5.74) is 2.12. The van der Waals surface area contributed by atoms with Crippen molar-refractivity contribution in [1.29, 1.82) is 0 Å². The zero-order valence-electron chi connectivity index (χ0n) is 12.0. The first-order valence-corrected chi connectivity index (χ1v) is 6.39. The highest BCUT2D eigenvalue weighted by atomic mass is 16.5. The van der Waals surface area contributed by atoms with Gasteiger partial charge >= 0.3 is 11.9 Å². The number of aliphatic carboxylic acids is 1. The van der Waals surface area contributed by atoms with Gasteiger partial charge in [0.15, 0.2) is 0 Å². The number of fused-ring (bicyclic) bond motifs is 1. The molecular weight excluding hydrogens is 276 g/mol. The van der Waals surface area contributed by atoms with Crippen LogP contribution in [0.4, 0.5) is 0 Å². The lowest BCUT2D eigenvalue weighted by Crippen LogP contribution is -2.05. The van der Waals surface area contributed by atoms with Crippen LogP contribution in [-0.4, -0.2) is 28.8 Å². The van der Waals surface area contributed by atoms with E-state index in [9.17, 15) is 14.7 Å². The monoisotopic (exact) mass is 292 g/mol. The number of phenolic OH excluding ortho intramolecular Hbond substituents is 1. The van der Waals surface area contributed by atoms with Crippen LogP contribution < -0.4 is 4.74 Å². The van der Waals surface area contributed by atoms with Gasteiger partial charge in [0.25, 0.3) is 0 Å². The maximum atomic E-state index is 11.6. The maximum Gasteiger partial charge on any atom is 0.342 e. The van der Waals surface area contributed by atoms with Gasteiger partial charge in [-0.1, -0.05) is 0 Å². The number of carboxylic acids is 1. The van der Waals surface area contributed by atoms with E-state index in [0.717, 1.165) is 0 Å². The van der Waals surface area contributed by atoms with Gasteiger partial charge in [0, 0.05) is 16.7 Å². The summed E-state index contributed by atoms with van der Waals surface area (Å²) < 4.78 is 10.5. The second kappa shape index (κ2) is 5.47. The molecule has 0 radical (unpaired) electrons. The average Bonchev–Trinajstić information content (AvgIpc) is 2.82. The third kappa shape index (κ3) is 2.56. The Hall–Kier alpha value is -2.50. The van der Waals surface area contributed by atoms with Gasteiger partial charge in [-0.3, -0.25) is 0 Å². The van der Waals surface area contributed by atoms with Crippen LogP contribution in [0.1, 0.15) is 34.0 Å². The second-order valence-corrected chi connectivity index (χ2v) is 4.86. The minimum Gasteiger partial charge on any atom is -0.507 e. The Morgan fingerprint density at radius 2 is 2.05 bits per heavy atom. The Bertz CT molecular complexity index is 657. The van der Waals surface area contributed by atoms with Gasteiger partial charge in [-0.05, 0) is 32.4 Å². The van der Waals surface area contributed by atoms with E-state index >= 15 is 0 Å². The summed E-state index contributed by atoms with van der Waals surface area (Å²) in [5.74, 6) is -1.25. The summed E-state index contributed by atoms with van der Waals surface area (Å²) in [4.78, 5) is 22.3. The summed E-state index contributed by atoms with van der Waals surface area (Å²) in [6.45, 7) is 5.05. The Labute approximate surface area is 121 Å². The number of esters is 1. The first-order chi connectivity index (χ1) is 9.84. The number of carbonyl (C=O) groups is 2. The summed E-state index contributed by atoms with van der Waals surface area (Å²) in [6.07, 6.45) is 1.44. The number of benzene rings is 1. The second-order valence-electron chi connectivity index (χ2n) is 4.86. The molecule has 0 saturated carbocycles. The van der Waals surface area contributed by atoms with Crippen LogP contribution in [0, 0.1) is 13.8 Å². The largest absolute Gasteiger partial charge is 0.507 e. The lowest BCUT2D eigenvalue weighted by Gasteiger charge is -2.15. The fourth-order valence-corrected chi connectivity index (χ4v) is 2.21. The van der Waals surface area contributed by atoms with E-state index in [2.05, 4.69) is 0 Å². The van der Waals surface area contributed by atoms with Crippen molar-refractivity contribution in [2.45, 2.75) is 27.4 Å². The van der Waals surface area contributed by atoms with E-state index < -0.39 is 11.9 Å². The number of carboxylic acid groups (broad SMARTS) is 1. The highest BCUT2D eigenvalue weighted by molar-refractivity contribution is 5.97. The average molecular weight is 292 g/mol. The molecule has 0 aliphatic carbocycles. The molecule has 0 atom stereocenters. The molecule has 112 valence electrons. The first kappa shape index (κ1) is 14.9. The smallest absolute Gasteiger partial charge is 0.342 e. The number of ether oxygens (including phenoxy) is 2. The van der Waals surface area contributed by atoms with Crippen molar-refractivity contribution in [2.24, 2.45) is 0 Å². The third-order valence-corrected chi connectivity index (χ3v) is 3.53. The molecule has 2 rings (SSSR count). The third-order valence-electron chi connectivity index (χ3n) is 3.53. The molecule has 1 aliphatic heterocycles. The van der Waals surface area contributed by atoms with Crippen molar-refractivity contribution in [3.05, 3.63) is 33.9 Å². The van der Waals surface area contributed by atoms with Gasteiger partial charge in [-0.15, -0.1) is 0 Å². The van der Waals surface area contributed by atoms with Crippen molar-refractivity contribution in [3.63, 3.8) is 0 Å². The molecule has 0 unspecified atom stereocenters. The molecule has 0 saturated heterocycles. The van der Waals surface area contributed by atoms with Crippen LogP contribution in [0.5, 0.6) is 11.5 Å². The van der Waals surface area contributed by atoms with Crippen LogP contribution in [0.15, 0.2) is 11.6 Å². The van der Waals surface area contributed by atoms with E-state index in [4.69, 9.17) is 14.6 Å². The van der Waals surface area contributed by atoms with Crippen LogP contribution in [0.25, 0.3) is 0 Å². The molecule has 2 N–H and O–H groups in total. The van der Waals surface area contributed by atoms with Gasteiger partial charge in [0.05, 0.1) is 0 Å². The fraction of sp³-hybridized carbons (Fsp3) is 0.333. The number of hydrogen-bond donors (Lipinski definition) is 2. The molecule has 0 fully saturated rings. The van der Waals surface area contributed by atoms with Crippen LogP contribution in [0.3, 0.4) is 0 Å². The molecule has 0 bridgehead atoms. The summed E-state index contributed by atoms with van der Waals surface area (Å²) in [5, 5.41) is 18.9. The lowest BCUT2D eigenvalue weighted by molar-refractivity contribution is -0.132. The molecular formula is C15H16O6. The van der Waals surface area contributed by atoms with Crippen molar-refractivity contribution in [3.8, 4) is 11.5 Å². The van der Waals surface area contributed by atoms with Gasteiger partial charge in [0.1, 0.15) is 30.3 Å². The quantitative estimate of drug-likeness (QED) is 0.652. The molecule has 6 nitrogen and oxygen atoms in total. The number of aromatic hydroxyl groups is 1. The molecule has 1 aliphatic rings. The summed E-state index contributed by atoms with van der Waals surface area (Å²) >= 11 is 0. The number of phenols is 1. The topological polar surface area (TPSA) is 93.1 Å². The number of carbonyl (C=O) groups excluding carboxylic acids is 1. The van der Waals surface area contributed by atoms with E-state index in [-0.39, 0.29) is 30.1 Å². The van der Waals surface area contributed by atoms with Crippen LogP contribution in [0.2, 0.25) is 0 Å². The first-order valence-electron chi connectivity index (χ1n) is 6.39. The highest BCUT2D eigenvalue weighted by Gasteiger charge is 2.31. The normalized spacial score (nSPS) is 13.9. The predicted octanol–water partition coefficient (Wildman–Crippen LogP) is 2.09. The Morgan fingerprint density at radius 3 is 2.67 bits per heavy atom. The minimum absolute atomic E-state index is 0.0623. The standard InChI is InChI=1S/C15H16O6/c1-7(14(17)18)4-5-20-13-8(2)10-6-21-15(19)11(10)12(16)9(13)3/h4,16H,5-6H2,1-3H3,(H,17,18). The number of hydrogen-bond acceptors (Lipinski definition) is 5. The molecule has 1 heterocycles. The van der Waals surface area contributed by atoms with Crippen molar-refractivity contribution in [2.75, 3.05) is 6.61 Å². The SMILES string of the molecule is CC(=CCOc1c(C)c(O)c2c(c1C)COC2=O)C(=O)O. The molecule has 1 aromatic rings. The summed E-state index contributed by atoms with van der Waals surface area (Å²) in [6, 6.07) is 0. The Balaban J connectivity index is 2.34. The van der Waals surface area contributed by atoms with Gasteiger partial charge in [-0.2, -0.15) is 0 Å². The molecule has 0 aromatic heterocycles. The molecule has 1 aromatic carbocycles. The summed E-state index contributed by atoms with van der Waals surface area (Å²) in [7, 11) is 0. The van der Waals surface area contributed by atoms with E-state index in [1.54, 1.807) is 13.8 Å². The van der Waals surface area contributed by atoms with Crippen molar-refractivity contribution in [1.82, 2.24) is 0 Å². The van der Waals surface area contributed by atoms with E-state index in [1.807, 2.05) is 0 Å². The molecule has 0 amide bonds. The number of rotatable bonds is 4. The zero-order valence-corrected chi connectivity index (χ0v) is 12.0. The minimum atomic E-state index is -1.01.